The zero-order valence-corrected chi connectivity index (χ0v) is 10.00. The van der Waals surface area contributed by atoms with Gasteiger partial charge in [0, 0.05) is 0 Å². The van der Waals surface area contributed by atoms with Crippen molar-refractivity contribution in [1.29, 1.82) is 0 Å². The van der Waals surface area contributed by atoms with Crippen LogP contribution in [0.15, 0.2) is 11.0 Å². The molecule has 1 aromatic rings. The second-order valence-corrected chi connectivity index (χ2v) is 4.49. The smallest absolute Gasteiger partial charge is 0.351 e. The number of nitrogens with zero attached hydrogens (tertiary/aromatic N) is 2. The van der Waals surface area contributed by atoms with E-state index >= 15 is 0 Å². The summed E-state index contributed by atoms with van der Waals surface area (Å²) in [7, 11) is 0. The highest BCUT2D eigenvalue weighted by atomic mass is 32.1. The summed E-state index contributed by atoms with van der Waals surface area (Å²) in [6.07, 6.45) is -2.27. The van der Waals surface area contributed by atoms with Gasteiger partial charge >= 0.3 is 5.69 Å². The first-order valence-corrected chi connectivity index (χ1v) is 5.64. The molecule has 0 aromatic carbocycles. The molecular formula is C9H12FN3O4S. The third-order valence-electron chi connectivity index (χ3n) is 2.73. The Balaban J connectivity index is 2.39. The van der Waals surface area contributed by atoms with Crippen molar-refractivity contribution in [3.63, 3.8) is 0 Å². The van der Waals surface area contributed by atoms with Crippen molar-refractivity contribution in [1.82, 2.24) is 9.55 Å². The molecule has 9 heteroatoms. The lowest BCUT2D eigenvalue weighted by atomic mass is 10.2. The van der Waals surface area contributed by atoms with Crippen LogP contribution in [0, 0.1) is 5.82 Å². The molecule has 4 atom stereocenters. The fourth-order valence-electron chi connectivity index (χ4n) is 1.75. The summed E-state index contributed by atoms with van der Waals surface area (Å²) in [5.74, 6) is -1.42. The topological polar surface area (TPSA) is 111 Å². The lowest BCUT2D eigenvalue weighted by molar-refractivity contribution is -0.0533. The molecule has 1 aliphatic rings. The maximum atomic E-state index is 13.3. The highest BCUT2D eigenvalue weighted by Gasteiger charge is 2.43. The Hall–Kier alpha value is -1.16. The highest BCUT2D eigenvalue weighted by molar-refractivity contribution is 7.81. The van der Waals surface area contributed by atoms with Crippen LogP contribution in [0.4, 0.5) is 10.2 Å². The Morgan fingerprint density at radius 1 is 1.67 bits per heavy atom. The molecule has 2 heterocycles. The van der Waals surface area contributed by atoms with Crippen LogP contribution in [-0.4, -0.2) is 43.8 Å². The average molecular weight is 277 g/mol. The number of aromatic nitrogens is 2. The Bertz CT molecular complexity index is 511. The number of halogens is 1. The summed E-state index contributed by atoms with van der Waals surface area (Å²) in [5.41, 5.74) is 4.30. The molecular weight excluding hydrogens is 265 g/mol. The van der Waals surface area contributed by atoms with Crippen LogP contribution in [0.3, 0.4) is 0 Å². The van der Waals surface area contributed by atoms with Gasteiger partial charge in [-0.05, 0) is 0 Å². The molecule has 2 unspecified atom stereocenters. The van der Waals surface area contributed by atoms with Gasteiger partial charge in [0.2, 0.25) is 0 Å². The van der Waals surface area contributed by atoms with Crippen molar-refractivity contribution >= 4 is 18.4 Å². The maximum absolute atomic E-state index is 13.3. The normalized spacial score (nSPS) is 31.8. The van der Waals surface area contributed by atoms with E-state index in [9.17, 15) is 14.3 Å². The minimum absolute atomic E-state index is 0.374. The summed E-state index contributed by atoms with van der Waals surface area (Å²) in [6, 6.07) is 0. The van der Waals surface area contributed by atoms with Crippen LogP contribution in [0.5, 0.6) is 0 Å². The van der Waals surface area contributed by atoms with Gasteiger partial charge in [-0.25, -0.2) is 9.18 Å². The minimum atomic E-state index is -1.17. The van der Waals surface area contributed by atoms with Crippen LogP contribution < -0.4 is 11.4 Å². The van der Waals surface area contributed by atoms with Gasteiger partial charge in [0.05, 0.1) is 24.2 Å². The van der Waals surface area contributed by atoms with Crippen molar-refractivity contribution in [2.45, 2.75) is 23.7 Å². The number of aliphatic hydroxyl groups is 2. The van der Waals surface area contributed by atoms with Crippen LogP contribution in [0.25, 0.3) is 0 Å². The van der Waals surface area contributed by atoms with Gasteiger partial charge in [0.15, 0.2) is 17.9 Å². The number of aliphatic hydroxyl groups excluding tert-OH is 2. The molecule has 1 fully saturated rings. The second-order valence-electron chi connectivity index (χ2n) is 3.89. The van der Waals surface area contributed by atoms with E-state index in [0.717, 1.165) is 10.8 Å². The van der Waals surface area contributed by atoms with Gasteiger partial charge in [0.25, 0.3) is 0 Å². The number of thiol groups is 1. The van der Waals surface area contributed by atoms with Crippen LogP contribution in [0.2, 0.25) is 0 Å². The van der Waals surface area contributed by atoms with Gasteiger partial charge in [-0.1, -0.05) is 0 Å². The summed E-state index contributed by atoms with van der Waals surface area (Å²) in [4.78, 5) is 14.8. The van der Waals surface area contributed by atoms with Crippen molar-refractivity contribution in [3.8, 4) is 0 Å². The van der Waals surface area contributed by atoms with Crippen LogP contribution in [0.1, 0.15) is 6.23 Å². The van der Waals surface area contributed by atoms with Gasteiger partial charge in [-0.2, -0.15) is 17.6 Å². The van der Waals surface area contributed by atoms with Crippen LogP contribution in [-0.2, 0) is 4.74 Å². The highest BCUT2D eigenvalue weighted by Crippen LogP contribution is 2.31. The van der Waals surface area contributed by atoms with Crippen LogP contribution >= 0.6 is 12.6 Å². The van der Waals surface area contributed by atoms with E-state index in [1.165, 1.54) is 0 Å². The number of rotatable bonds is 2. The summed E-state index contributed by atoms with van der Waals surface area (Å²) in [5, 5.41) is 18.2. The summed E-state index contributed by atoms with van der Waals surface area (Å²) in [6.45, 7) is -0.374. The zero-order chi connectivity index (χ0) is 13.4. The fourth-order valence-corrected chi connectivity index (χ4v) is 2.06. The van der Waals surface area contributed by atoms with Crippen molar-refractivity contribution in [2.24, 2.45) is 0 Å². The molecule has 0 bridgehead atoms. The molecule has 0 aliphatic carbocycles. The van der Waals surface area contributed by atoms with E-state index < -0.39 is 41.0 Å². The predicted molar refractivity (Wildman–Crippen MR) is 62.6 cm³/mol. The molecule has 1 aliphatic heterocycles. The minimum Gasteiger partial charge on any atom is -0.394 e. The van der Waals surface area contributed by atoms with E-state index in [1.54, 1.807) is 0 Å². The fraction of sp³-hybridized carbons (Fsp3) is 0.556. The first kappa shape index (κ1) is 13.3. The average Bonchev–Trinajstić information content (AvgIpc) is 2.61. The van der Waals surface area contributed by atoms with E-state index in [1.807, 2.05) is 0 Å². The first-order chi connectivity index (χ1) is 8.45. The molecule has 100 valence electrons. The van der Waals surface area contributed by atoms with Crippen molar-refractivity contribution in [2.75, 3.05) is 12.3 Å². The maximum Gasteiger partial charge on any atom is 0.351 e. The quantitative estimate of drug-likeness (QED) is 0.490. The standard InChI is InChI=1S/C9H12FN3O4S/c10-3-1-13(9(16)12-7(3)11)8-5(15)6(18)4(2-14)17-8/h1,4-6,8,14-15,18H,2H2,(H2,11,12,16)/t4-,5?,6?,8-/m0/s1. The van der Waals surface area contributed by atoms with Gasteiger partial charge in [-0.15, -0.1) is 0 Å². The monoisotopic (exact) mass is 277 g/mol. The molecule has 0 radical (unpaired) electrons. The Labute approximate surface area is 106 Å². The number of nitrogen functional groups attached to an aromatic ring is 1. The number of hydrogen-bond acceptors (Lipinski definition) is 7. The number of ether oxygens (including phenoxy) is 1. The lowest BCUT2D eigenvalue weighted by Gasteiger charge is -2.17. The summed E-state index contributed by atoms with van der Waals surface area (Å²) < 4.78 is 19.3. The summed E-state index contributed by atoms with van der Waals surface area (Å²) >= 11 is 4.06. The van der Waals surface area contributed by atoms with E-state index in [0.29, 0.717) is 0 Å². The van der Waals surface area contributed by atoms with E-state index in [2.05, 4.69) is 17.6 Å². The Kier molecular flexibility index (Phi) is 3.57. The Morgan fingerprint density at radius 2 is 2.33 bits per heavy atom. The molecule has 4 N–H and O–H groups in total. The first-order valence-electron chi connectivity index (χ1n) is 5.12. The Morgan fingerprint density at radius 3 is 2.89 bits per heavy atom. The molecule has 0 spiro atoms. The SMILES string of the molecule is Nc1nc(=O)n([C@H]2O[C@@H](CO)C(S)C2O)cc1F. The molecule has 0 amide bonds. The number of anilines is 1. The predicted octanol–water partition coefficient (Wildman–Crippen LogP) is -1.49. The largest absolute Gasteiger partial charge is 0.394 e. The van der Waals surface area contributed by atoms with Gasteiger partial charge in [0.1, 0.15) is 6.10 Å². The van der Waals surface area contributed by atoms with Gasteiger partial charge < -0.3 is 20.7 Å². The van der Waals surface area contributed by atoms with E-state index in [-0.39, 0.29) is 6.61 Å². The number of nitrogens with two attached hydrogens (primary N) is 1. The molecule has 1 saturated heterocycles. The molecule has 0 saturated carbocycles. The molecule has 2 rings (SSSR count). The number of hydrogen-bond donors (Lipinski definition) is 4. The van der Waals surface area contributed by atoms with Crippen molar-refractivity contribution in [3.05, 3.63) is 22.5 Å². The second kappa shape index (κ2) is 4.84. The zero-order valence-electron chi connectivity index (χ0n) is 9.10. The van der Waals surface area contributed by atoms with Gasteiger partial charge in [-0.3, -0.25) is 4.57 Å². The molecule has 18 heavy (non-hydrogen) atoms. The third kappa shape index (κ3) is 2.09. The molecule has 1 aromatic heterocycles. The van der Waals surface area contributed by atoms with Crippen molar-refractivity contribution < 1.29 is 19.3 Å². The van der Waals surface area contributed by atoms with E-state index in [4.69, 9.17) is 15.6 Å². The third-order valence-corrected chi connectivity index (χ3v) is 3.36. The lowest BCUT2D eigenvalue weighted by Crippen LogP contribution is -2.34. The molecule has 7 nitrogen and oxygen atoms in total.